The van der Waals surface area contributed by atoms with Crippen LogP contribution in [0.1, 0.15) is 47.4 Å². The monoisotopic (exact) mass is 350 g/mol. The first-order chi connectivity index (χ1) is 12.7. The lowest BCUT2D eigenvalue weighted by atomic mass is 9.75. The predicted molar refractivity (Wildman–Crippen MR) is 98.6 cm³/mol. The third-order valence-electron chi connectivity index (χ3n) is 5.19. The smallest absolute Gasteiger partial charge is 0.255 e. The minimum atomic E-state index is -0.284. The number of benzene rings is 1. The van der Waals surface area contributed by atoms with E-state index in [1.807, 2.05) is 37.4 Å². The van der Waals surface area contributed by atoms with Gasteiger partial charge >= 0.3 is 0 Å². The number of nitrogens with one attached hydrogen (secondary N) is 2. The summed E-state index contributed by atoms with van der Waals surface area (Å²) in [7, 11) is 0. The van der Waals surface area contributed by atoms with Gasteiger partial charge in [0, 0.05) is 17.3 Å². The summed E-state index contributed by atoms with van der Waals surface area (Å²) in [5, 5.41) is 20.8. The normalized spacial score (nSPS) is 20.5. The summed E-state index contributed by atoms with van der Waals surface area (Å²) in [6.45, 7) is 1.98. The van der Waals surface area contributed by atoms with E-state index in [0.717, 1.165) is 22.2 Å². The number of aryl methyl sites for hydroxylation is 1. The van der Waals surface area contributed by atoms with Crippen LogP contribution in [0.4, 0.5) is 0 Å². The predicted octanol–water partition coefficient (Wildman–Crippen LogP) is 2.76. The number of aliphatic hydroxyl groups is 1. The molecule has 3 aromatic rings. The fourth-order valence-corrected chi connectivity index (χ4v) is 3.63. The number of nitrogens with zero attached hydrogens (tertiary/aromatic N) is 2. The molecule has 1 amide bonds. The summed E-state index contributed by atoms with van der Waals surface area (Å²) in [5.41, 5.74) is 3.30. The van der Waals surface area contributed by atoms with Crippen LogP contribution >= 0.6 is 0 Å². The van der Waals surface area contributed by atoms with E-state index in [1.165, 1.54) is 0 Å². The second-order valence-electron chi connectivity index (χ2n) is 6.91. The summed E-state index contributed by atoms with van der Waals surface area (Å²) in [6.07, 6.45) is 5.20. The van der Waals surface area contributed by atoms with Gasteiger partial charge < -0.3 is 10.4 Å². The van der Waals surface area contributed by atoms with Gasteiger partial charge in [-0.25, -0.2) is 0 Å². The molecule has 0 radical (unpaired) electrons. The van der Waals surface area contributed by atoms with Gasteiger partial charge in [0.2, 0.25) is 0 Å². The number of aromatic amines is 1. The Kier molecular flexibility index (Phi) is 4.42. The highest BCUT2D eigenvalue weighted by Crippen LogP contribution is 2.38. The van der Waals surface area contributed by atoms with Gasteiger partial charge in [-0.15, -0.1) is 0 Å². The van der Waals surface area contributed by atoms with Gasteiger partial charge in [-0.2, -0.15) is 5.10 Å². The van der Waals surface area contributed by atoms with Gasteiger partial charge in [0.05, 0.1) is 29.4 Å². The molecule has 4 rings (SSSR count). The van der Waals surface area contributed by atoms with Gasteiger partial charge in [-0.3, -0.25) is 14.9 Å². The second kappa shape index (κ2) is 6.88. The number of aromatic nitrogens is 3. The number of para-hydroxylation sites is 1. The number of fused-ring (bicyclic) bond motifs is 1. The van der Waals surface area contributed by atoms with Crippen LogP contribution in [0.25, 0.3) is 10.9 Å². The fraction of sp³-hybridized carbons (Fsp3) is 0.350. The van der Waals surface area contributed by atoms with Gasteiger partial charge in [0.1, 0.15) is 0 Å². The van der Waals surface area contributed by atoms with Gasteiger partial charge in [-0.05, 0) is 42.9 Å². The maximum atomic E-state index is 12.8. The van der Waals surface area contributed by atoms with Crippen LogP contribution in [-0.4, -0.2) is 32.3 Å². The van der Waals surface area contributed by atoms with Crippen molar-refractivity contribution >= 4 is 16.8 Å². The van der Waals surface area contributed by atoms with Crippen molar-refractivity contribution in [1.29, 1.82) is 0 Å². The third kappa shape index (κ3) is 3.08. The van der Waals surface area contributed by atoms with E-state index in [2.05, 4.69) is 26.6 Å². The van der Waals surface area contributed by atoms with E-state index in [-0.39, 0.29) is 24.0 Å². The van der Waals surface area contributed by atoms with Crippen molar-refractivity contribution in [2.75, 3.05) is 0 Å². The van der Waals surface area contributed by atoms with Crippen LogP contribution < -0.4 is 5.32 Å². The topological polar surface area (TPSA) is 90.9 Å². The van der Waals surface area contributed by atoms with Crippen LogP contribution in [0.5, 0.6) is 0 Å². The number of H-pyrrole nitrogens is 1. The van der Waals surface area contributed by atoms with E-state index < -0.39 is 0 Å². The van der Waals surface area contributed by atoms with E-state index >= 15 is 0 Å². The first-order valence-electron chi connectivity index (χ1n) is 9.01. The molecule has 1 saturated carbocycles. The highest BCUT2D eigenvalue weighted by Gasteiger charge is 2.36. The zero-order valence-corrected chi connectivity index (χ0v) is 14.6. The number of rotatable bonds is 5. The molecule has 26 heavy (non-hydrogen) atoms. The molecule has 1 atom stereocenters. The van der Waals surface area contributed by atoms with Crippen molar-refractivity contribution in [3.8, 4) is 0 Å². The number of pyridine rings is 1. The molecule has 0 saturated heterocycles. The van der Waals surface area contributed by atoms with Crippen LogP contribution in [-0.2, 0) is 6.42 Å². The third-order valence-corrected chi connectivity index (χ3v) is 5.19. The largest absolute Gasteiger partial charge is 0.393 e. The van der Waals surface area contributed by atoms with Crippen LogP contribution in [0, 0.1) is 5.92 Å². The van der Waals surface area contributed by atoms with Crippen LogP contribution in [0.3, 0.4) is 0 Å². The summed E-state index contributed by atoms with van der Waals surface area (Å²) in [4.78, 5) is 17.3. The number of carbonyl (C=O) groups excluding carboxylic acids is 1. The number of hydrogen-bond donors (Lipinski definition) is 3. The highest BCUT2D eigenvalue weighted by molar-refractivity contribution is 5.95. The molecule has 3 N–H and O–H groups in total. The van der Waals surface area contributed by atoms with E-state index in [4.69, 9.17) is 0 Å². The second-order valence-corrected chi connectivity index (χ2v) is 6.91. The minimum absolute atomic E-state index is 0.143. The number of carbonyl (C=O) groups is 1. The average molecular weight is 350 g/mol. The molecule has 0 aliphatic heterocycles. The van der Waals surface area contributed by atoms with Crippen molar-refractivity contribution in [3.63, 3.8) is 0 Å². The Morgan fingerprint density at radius 2 is 2.15 bits per heavy atom. The lowest BCUT2D eigenvalue weighted by Crippen LogP contribution is -2.41. The van der Waals surface area contributed by atoms with Crippen molar-refractivity contribution in [2.24, 2.45) is 5.92 Å². The Labute approximate surface area is 151 Å². The first-order valence-corrected chi connectivity index (χ1v) is 9.01. The average Bonchev–Trinajstić information content (AvgIpc) is 3.12. The maximum absolute atomic E-state index is 12.8. The van der Waals surface area contributed by atoms with Crippen molar-refractivity contribution in [1.82, 2.24) is 20.5 Å². The SMILES string of the molecule is CCc1[nH]ncc1C(=O)N[C@H](c1cnc2ccccc2c1)C1CC(O)C1. The lowest BCUT2D eigenvalue weighted by molar-refractivity contribution is 0.0235. The molecule has 1 aliphatic carbocycles. The van der Waals surface area contributed by atoms with Gasteiger partial charge in [0.15, 0.2) is 0 Å². The van der Waals surface area contributed by atoms with Crippen molar-refractivity contribution in [3.05, 3.63) is 59.5 Å². The van der Waals surface area contributed by atoms with Crippen molar-refractivity contribution in [2.45, 2.75) is 38.3 Å². The van der Waals surface area contributed by atoms with Gasteiger partial charge in [-0.1, -0.05) is 25.1 Å². The maximum Gasteiger partial charge on any atom is 0.255 e. The summed E-state index contributed by atoms with van der Waals surface area (Å²) < 4.78 is 0. The van der Waals surface area contributed by atoms with Crippen molar-refractivity contribution < 1.29 is 9.90 Å². The molecule has 6 heteroatoms. The Bertz CT molecular complexity index is 930. The zero-order valence-electron chi connectivity index (χ0n) is 14.6. The number of amides is 1. The molecule has 2 aromatic heterocycles. The molecular weight excluding hydrogens is 328 g/mol. The number of aliphatic hydroxyl groups excluding tert-OH is 1. The molecule has 0 spiro atoms. The highest BCUT2D eigenvalue weighted by atomic mass is 16.3. The molecular formula is C20H22N4O2. The molecule has 1 fully saturated rings. The fourth-order valence-electron chi connectivity index (χ4n) is 3.63. The van der Waals surface area contributed by atoms with E-state index in [1.54, 1.807) is 6.20 Å². The Morgan fingerprint density at radius 1 is 1.35 bits per heavy atom. The molecule has 134 valence electrons. The Hall–Kier alpha value is -2.73. The van der Waals surface area contributed by atoms with Crippen LogP contribution in [0.15, 0.2) is 42.7 Å². The standard InChI is InChI=1S/C20H22N4O2/c1-2-17-16(11-22-24-17)20(26)23-19(13-8-15(25)9-13)14-7-12-5-3-4-6-18(12)21-10-14/h3-7,10-11,13,15,19,25H,2,8-9H2,1H3,(H,22,24)(H,23,26)/t13?,15?,19-/m0/s1. The summed E-state index contributed by atoms with van der Waals surface area (Å²) in [5.74, 6) is 0.0593. The van der Waals surface area contributed by atoms with E-state index in [0.29, 0.717) is 24.8 Å². The molecule has 2 heterocycles. The first kappa shape index (κ1) is 16.7. The quantitative estimate of drug-likeness (QED) is 0.660. The van der Waals surface area contributed by atoms with E-state index in [9.17, 15) is 9.90 Å². The molecule has 0 unspecified atom stereocenters. The molecule has 0 bridgehead atoms. The zero-order chi connectivity index (χ0) is 18.1. The molecule has 6 nitrogen and oxygen atoms in total. The Balaban J connectivity index is 1.64. The minimum Gasteiger partial charge on any atom is -0.393 e. The molecule has 1 aliphatic rings. The van der Waals surface area contributed by atoms with Gasteiger partial charge in [0.25, 0.3) is 5.91 Å². The summed E-state index contributed by atoms with van der Waals surface area (Å²) >= 11 is 0. The lowest BCUT2D eigenvalue weighted by Gasteiger charge is -2.38. The number of hydrogen-bond acceptors (Lipinski definition) is 4. The van der Waals surface area contributed by atoms with Crippen LogP contribution in [0.2, 0.25) is 0 Å². The summed E-state index contributed by atoms with van der Waals surface area (Å²) in [6, 6.07) is 9.83. The molecule has 1 aromatic carbocycles. The Morgan fingerprint density at radius 3 is 2.92 bits per heavy atom.